The average Bonchev–Trinajstić information content (AvgIpc) is 3.06. The first kappa shape index (κ1) is 16.3. The Morgan fingerprint density at radius 3 is 2.38 bits per heavy atom. The summed E-state index contributed by atoms with van der Waals surface area (Å²) in [6, 6.07) is 10.6. The molecule has 2 heterocycles. The Labute approximate surface area is 142 Å². The highest BCUT2D eigenvalue weighted by atomic mass is 15.3. The molecule has 3 aromatic rings. The third kappa shape index (κ3) is 3.86. The van der Waals surface area contributed by atoms with Gasteiger partial charge in [-0.15, -0.1) is 0 Å². The van der Waals surface area contributed by atoms with Gasteiger partial charge >= 0.3 is 0 Å². The molecular weight excluding hydrogens is 298 g/mol. The molecule has 0 saturated carbocycles. The molecule has 0 radical (unpaired) electrons. The van der Waals surface area contributed by atoms with Crippen molar-refractivity contribution in [3.8, 4) is 11.4 Å². The van der Waals surface area contributed by atoms with E-state index in [1.165, 1.54) is 5.56 Å². The van der Waals surface area contributed by atoms with Crippen molar-refractivity contribution in [2.45, 2.75) is 39.4 Å². The van der Waals surface area contributed by atoms with Gasteiger partial charge in [-0.3, -0.25) is 4.68 Å². The summed E-state index contributed by atoms with van der Waals surface area (Å²) in [5.41, 5.74) is 3.29. The number of aryl methyl sites for hydroxylation is 1. The predicted octanol–water partition coefficient (Wildman–Crippen LogP) is 3.39. The lowest BCUT2D eigenvalue weighted by Gasteiger charge is -2.21. The van der Waals surface area contributed by atoms with Gasteiger partial charge < -0.3 is 5.32 Å². The highest BCUT2D eigenvalue weighted by Gasteiger charge is 2.14. The number of nitrogens with zero attached hydrogens (tertiary/aromatic N) is 4. The van der Waals surface area contributed by atoms with Crippen LogP contribution in [0, 0.1) is 6.92 Å². The number of aromatic nitrogens is 4. The fourth-order valence-corrected chi connectivity index (χ4v) is 2.52. The van der Waals surface area contributed by atoms with Crippen LogP contribution in [0.2, 0.25) is 0 Å². The van der Waals surface area contributed by atoms with Crippen LogP contribution in [0.3, 0.4) is 0 Å². The summed E-state index contributed by atoms with van der Waals surface area (Å²) in [4.78, 5) is 8.93. The molecule has 0 spiro atoms. The third-order valence-electron chi connectivity index (χ3n) is 4.24. The second kappa shape index (κ2) is 7.36. The predicted molar refractivity (Wildman–Crippen MR) is 95.4 cm³/mol. The van der Waals surface area contributed by atoms with Crippen molar-refractivity contribution in [2.24, 2.45) is 0 Å². The fraction of sp³-hybridized carbons (Fsp3) is 0.316. The summed E-state index contributed by atoms with van der Waals surface area (Å²) in [5, 5.41) is 7.91. The molecule has 2 atom stereocenters. The maximum atomic E-state index is 4.46. The van der Waals surface area contributed by atoms with Gasteiger partial charge in [-0.25, -0.2) is 9.97 Å². The molecule has 1 N–H and O–H groups in total. The molecule has 0 aliphatic carbocycles. The molecule has 5 heteroatoms. The van der Waals surface area contributed by atoms with Crippen molar-refractivity contribution in [1.82, 2.24) is 25.1 Å². The van der Waals surface area contributed by atoms with E-state index in [2.05, 4.69) is 47.4 Å². The van der Waals surface area contributed by atoms with E-state index in [9.17, 15) is 0 Å². The maximum absolute atomic E-state index is 4.46. The third-order valence-corrected chi connectivity index (χ3v) is 4.24. The maximum Gasteiger partial charge on any atom is 0.159 e. The second-order valence-corrected chi connectivity index (χ2v) is 6.19. The minimum absolute atomic E-state index is 0.281. The lowest BCUT2D eigenvalue weighted by atomic mass is 10.1. The van der Waals surface area contributed by atoms with Crippen molar-refractivity contribution < 1.29 is 0 Å². The van der Waals surface area contributed by atoms with E-state index in [0.717, 1.165) is 23.5 Å². The number of hydrogen-bond acceptors (Lipinski definition) is 4. The lowest BCUT2D eigenvalue weighted by Crippen LogP contribution is -2.33. The van der Waals surface area contributed by atoms with E-state index >= 15 is 0 Å². The smallest absolute Gasteiger partial charge is 0.159 e. The minimum Gasteiger partial charge on any atom is -0.308 e. The van der Waals surface area contributed by atoms with Gasteiger partial charge in [0.25, 0.3) is 0 Å². The van der Waals surface area contributed by atoms with Gasteiger partial charge in [-0.05, 0) is 26.3 Å². The van der Waals surface area contributed by atoms with Crippen LogP contribution >= 0.6 is 0 Å². The monoisotopic (exact) mass is 321 g/mol. The van der Waals surface area contributed by atoms with Gasteiger partial charge in [0.15, 0.2) is 5.82 Å². The number of hydrogen-bond donors (Lipinski definition) is 1. The number of nitrogens with one attached hydrogen (secondary N) is 1. The zero-order valence-electron chi connectivity index (χ0n) is 14.3. The molecule has 0 unspecified atom stereocenters. The summed E-state index contributed by atoms with van der Waals surface area (Å²) >= 11 is 0. The molecule has 3 rings (SSSR count). The first-order valence-electron chi connectivity index (χ1n) is 8.24. The quantitative estimate of drug-likeness (QED) is 0.756. The molecule has 1 aromatic carbocycles. The molecule has 2 aromatic heterocycles. The molecule has 0 fully saturated rings. The van der Waals surface area contributed by atoms with E-state index in [4.69, 9.17) is 0 Å². The van der Waals surface area contributed by atoms with Gasteiger partial charge in [-0.2, -0.15) is 5.10 Å². The zero-order valence-corrected chi connectivity index (χ0v) is 14.3. The van der Waals surface area contributed by atoms with Crippen LogP contribution < -0.4 is 5.32 Å². The molecule has 5 nitrogen and oxygen atoms in total. The van der Waals surface area contributed by atoms with Crippen molar-refractivity contribution in [1.29, 1.82) is 0 Å². The molecule has 0 bridgehead atoms. The van der Waals surface area contributed by atoms with Crippen LogP contribution in [0.15, 0.2) is 55.1 Å². The SMILES string of the molecule is Cc1cnn([C@@H](C)[C@@H](C)NCc2cnc(-c3ccccc3)nc2)c1. The topological polar surface area (TPSA) is 55.6 Å². The van der Waals surface area contributed by atoms with Crippen LogP contribution in [0.4, 0.5) is 0 Å². The number of benzene rings is 1. The molecule has 124 valence electrons. The minimum atomic E-state index is 0.281. The Hall–Kier alpha value is -2.53. The molecule has 0 aliphatic heterocycles. The average molecular weight is 321 g/mol. The van der Waals surface area contributed by atoms with Crippen molar-refractivity contribution in [3.05, 3.63) is 66.2 Å². The Morgan fingerprint density at radius 1 is 1.04 bits per heavy atom. The van der Waals surface area contributed by atoms with Crippen LogP contribution in [0.5, 0.6) is 0 Å². The Morgan fingerprint density at radius 2 is 1.75 bits per heavy atom. The Bertz CT molecular complexity index is 764. The van der Waals surface area contributed by atoms with Crippen LogP contribution in [-0.4, -0.2) is 25.8 Å². The first-order valence-corrected chi connectivity index (χ1v) is 8.24. The van der Waals surface area contributed by atoms with Gasteiger partial charge in [0, 0.05) is 42.3 Å². The van der Waals surface area contributed by atoms with Gasteiger partial charge in [-0.1, -0.05) is 30.3 Å². The summed E-state index contributed by atoms with van der Waals surface area (Å²) in [6.07, 6.45) is 7.73. The first-order chi connectivity index (χ1) is 11.6. The van der Waals surface area contributed by atoms with Gasteiger partial charge in [0.1, 0.15) is 0 Å². The van der Waals surface area contributed by atoms with Crippen molar-refractivity contribution in [2.75, 3.05) is 0 Å². The van der Waals surface area contributed by atoms with E-state index < -0.39 is 0 Å². The van der Waals surface area contributed by atoms with Crippen molar-refractivity contribution >= 4 is 0 Å². The number of rotatable bonds is 6. The molecule has 0 aliphatic rings. The van der Waals surface area contributed by atoms with E-state index in [1.54, 1.807) is 0 Å². The standard InChI is InChI=1S/C19H23N5/c1-14-9-23-24(13-14)16(3)15(2)20-10-17-11-21-19(22-12-17)18-7-5-4-6-8-18/h4-9,11-13,15-16,20H,10H2,1-3H3/t15-,16+/m1/s1. The highest BCUT2D eigenvalue weighted by molar-refractivity contribution is 5.53. The fourth-order valence-electron chi connectivity index (χ4n) is 2.52. The van der Waals surface area contributed by atoms with Crippen LogP contribution in [0.1, 0.15) is 31.0 Å². The summed E-state index contributed by atoms with van der Waals surface area (Å²) in [7, 11) is 0. The highest BCUT2D eigenvalue weighted by Crippen LogP contribution is 2.14. The van der Waals surface area contributed by atoms with Crippen LogP contribution in [-0.2, 0) is 6.54 Å². The largest absolute Gasteiger partial charge is 0.308 e. The van der Waals surface area contributed by atoms with E-state index in [0.29, 0.717) is 0 Å². The van der Waals surface area contributed by atoms with Crippen LogP contribution in [0.25, 0.3) is 11.4 Å². The summed E-state index contributed by atoms with van der Waals surface area (Å²) < 4.78 is 2.00. The Kier molecular flexibility index (Phi) is 5.01. The molecular formula is C19H23N5. The van der Waals surface area contributed by atoms with Crippen molar-refractivity contribution in [3.63, 3.8) is 0 Å². The lowest BCUT2D eigenvalue weighted by molar-refractivity contribution is 0.364. The summed E-state index contributed by atoms with van der Waals surface area (Å²) in [6.45, 7) is 7.13. The van der Waals surface area contributed by atoms with E-state index in [1.807, 2.05) is 53.6 Å². The molecule has 24 heavy (non-hydrogen) atoms. The molecule has 0 amide bonds. The van der Waals surface area contributed by atoms with E-state index in [-0.39, 0.29) is 12.1 Å². The molecule has 0 saturated heterocycles. The summed E-state index contributed by atoms with van der Waals surface area (Å²) in [5.74, 6) is 0.757. The normalized spacial score (nSPS) is 13.6. The zero-order chi connectivity index (χ0) is 16.9. The van der Waals surface area contributed by atoms with Gasteiger partial charge in [0.05, 0.1) is 12.2 Å². The second-order valence-electron chi connectivity index (χ2n) is 6.19. The van der Waals surface area contributed by atoms with Gasteiger partial charge in [0.2, 0.25) is 0 Å². The Balaban J connectivity index is 1.58.